The lowest BCUT2D eigenvalue weighted by Gasteiger charge is -2.26. The van der Waals surface area contributed by atoms with Gasteiger partial charge in [0.15, 0.2) is 11.3 Å². The van der Waals surface area contributed by atoms with Gasteiger partial charge in [0, 0.05) is 0 Å². The lowest BCUT2D eigenvalue weighted by Crippen LogP contribution is -2.47. The number of carbonyl (C=O) groups excluding carboxylic acids is 3. The van der Waals surface area contributed by atoms with E-state index in [9.17, 15) is 14.4 Å². The van der Waals surface area contributed by atoms with Crippen LogP contribution in [-0.4, -0.2) is 53.2 Å². The van der Waals surface area contributed by atoms with Crippen molar-refractivity contribution in [1.29, 1.82) is 0 Å². The van der Waals surface area contributed by atoms with Gasteiger partial charge in [-0.15, -0.1) is 0 Å². The third kappa shape index (κ3) is 2.79. The van der Waals surface area contributed by atoms with Crippen molar-refractivity contribution in [1.82, 2.24) is 10.0 Å². The number of rotatable bonds is 2. The van der Waals surface area contributed by atoms with Crippen molar-refractivity contribution in [2.24, 2.45) is 0 Å². The monoisotopic (exact) mass is 264 g/mol. The van der Waals surface area contributed by atoms with E-state index in [0.717, 1.165) is 10.0 Å². The number of carbonyl (C=O) groups is 3. The Morgan fingerprint density at radius 2 is 1.82 bits per heavy atom. The van der Waals surface area contributed by atoms with E-state index < -0.39 is 23.5 Å². The molecule has 0 radical (unpaired) electrons. The predicted molar refractivity (Wildman–Crippen MR) is 57.2 cm³/mol. The number of amides is 2. The van der Waals surface area contributed by atoms with E-state index in [4.69, 9.17) is 21.1 Å². The first kappa shape index (κ1) is 13.6. The second-order valence-electron chi connectivity index (χ2n) is 3.10. The molecule has 1 fully saturated rings. The topological polar surface area (TPSA) is 76.2 Å². The van der Waals surface area contributed by atoms with Gasteiger partial charge in [0.25, 0.3) is 0 Å². The summed E-state index contributed by atoms with van der Waals surface area (Å²) in [6.45, 7) is 3.17. The van der Waals surface area contributed by atoms with Crippen LogP contribution in [0.5, 0.6) is 0 Å². The molecule has 2 amide bonds. The molecule has 0 aromatic carbocycles. The van der Waals surface area contributed by atoms with Crippen molar-refractivity contribution in [3.63, 3.8) is 0 Å². The van der Waals surface area contributed by atoms with Gasteiger partial charge in [-0.1, -0.05) is 11.6 Å². The van der Waals surface area contributed by atoms with Gasteiger partial charge >= 0.3 is 12.2 Å². The number of Topliss-reactive ketones (excluding diaryl/α,β-unsaturated/α-hetero) is 1. The molecule has 0 spiro atoms. The van der Waals surface area contributed by atoms with Crippen LogP contribution in [0.1, 0.15) is 13.8 Å². The second kappa shape index (κ2) is 5.72. The molecule has 1 unspecified atom stereocenters. The molecule has 1 atom stereocenters. The highest BCUT2D eigenvalue weighted by Crippen LogP contribution is 2.20. The number of hydrogen-bond donors (Lipinski definition) is 0. The Morgan fingerprint density at radius 3 is 2.35 bits per heavy atom. The van der Waals surface area contributed by atoms with Crippen molar-refractivity contribution in [2.45, 2.75) is 19.3 Å². The molecule has 0 aliphatic carbocycles. The van der Waals surface area contributed by atoms with Crippen molar-refractivity contribution in [3.8, 4) is 0 Å². The molecule has 8 heteroatoms. The third-order valence-electron chi connectivity index (χ3n) is 1.98. The molecule has 1 aliphatic heterocycles. The first-order chi connectivity index (χ1) is 8.02. The average molecular weight is 265 g/mol. The Morgan fingerprint density at radius 1 is 1.29 bits per heavy atom. The molecular weight excluding hydrogens is 252 g/mol. The van der Waals surface area contributed by atoms with Gasteiger partial charge in [-0.05, 0) is 13.8 Å². The molecular formula is C9H13ClN2O5. The summed E-state index contributed by atoms with van der Waals surface area (Å²) in [5.74, 6) is -0.465. The number of ketones is 1. The van der Waals surface area contributed by atoms with Crippen LogP contribution in [0, 0.1) is 0 Å². The van der Waals surface area contributed by atoms with E-state index in [1.165, 1.54) is 0 Å². The largest absolute Gasteiger partial charge is 0.448 e. The van der Waals surface area contributed by atoms with Crippen molar-refractivity contribution >= 4 is 29.6 Å². The van der Waals surface area contributed by atoms with Crippen molar-refractivity contribution < 1.29 is 23.9 Å². The second-order valence-corrected chi connectivity index (χ2v) is 3.52. The van der Waals surface area contributed by atoms with Crippen LogP contribution in [0.15, 0.2) is 0 Å². The van der Waals surface area contributed by atoms with Crippen LogP contribution in [-0.2, 0) is 14.3 Å². The summed E-state index contributed by atoms with van der Waals surface area (Å²) in [6, 6.07) is 0. The number of nitrogens with zero attached hydrogens (tertiary/aromatic N) is 2. The van der Waals surface area contributed by atoms with Gasteiger partial charge in [-0.3, -0.25) is 4.79 Å². The molecule has 0 bridgehead atoms. The molecule has 1 heterocycles. The maximum absolute atomic E-state index is 11.5. The summed E-state index contributed by atoms with van der Waals surface area (Å²) in [7, 11) is 0. The third-order valence-corrected chi connectivity index (χ3v) is 2.41. The minimum Gasteiger partial charge on any atom is -0.448 e. The van der Waals surface area contributed by atoms with E-state index in [0.29, 0.717) is 0 Å². The summed E-state index contributed by atoms with van der Waals surface area (Å²) < 4.78 is 9.41. The Labute approximate surface area is 103 Å². The molecule has 7 nitrogen and oxygen atoms in total. The highest BCUT2D eigenvalue weighted by molar-refractivity contribution is 6.32. The van der Waals surface area contributed by atoms with Crippen LogP contribution < -0.4 is 0 Å². The van der Waals surface area contributed by atoms with Gasteiger partial charge < -0.3 is 9.47 Å². The molecule has 1 saturated heterocycles. The van der Waals surface area contributed by atoms with Gasteiger partial charge in [0.2, 0.25) is 0 Å². The van der Waals surface area contributed by atoms with E-state index in [1.54, 1.807) is 13.8 Å². The zero-order valence-corrected chi connectivity index (χ0v) is 10.3. The normalized spacial score (nSPS) is 19.5. The predicted octanol–water partition coefficient (Wildman–Crippen LogP) is 0.966. The van der Waals surface area contributed by atoms with E-state index in [-0.39, 0.29) is 19.8 Å². The number of halogens is 1. The van der Waals surface area contributed by atoms with Gasteiger partial charge in [0.05, 0.1) is 13.2 Å². The summed E-state index contributed by atoms with van der Waals surface area (Å²) in [6.07, 6.45) is -1.66. The maximum atomic E-state index is 11.5. The molecule has 17 heavy (non-hydrogen) atoms. The van der Waals surface area contributed by atoms with Gasteiger partial charge in [0.1, 0.15) is 6.54 Å². The highest BCUT2D eigenvalue weighted by Gasteiger charge is 2.45. The summed E-state index contributed by atoms with van der Waals surface area (Å²) >= 11 is 5.72. The smallest absolute Gasteiger partial charge is 0.430 e. The van der Waals surface area contributed by atoms with Crippen LogP contribution in [0.25, 0.3) is 0 Å². The fraction of sp³-hybridized carbons (Fsp3) is 0.667. The van der Waals surface area contributed by atoms with Crippen molar-refractivity contribution in [2.75, 3.05) is 19.8 Å². The zero-order chi connectivity index (χ0) is 13.0. The first-order valence-electron chi connectivity index (χ1n) is 5.09. The van der Waals surface area contributed by atoms with Gasteiger partial charge in [-0.2, -0.15) is 5.01 Å². The fourth-order valence-electron chi connectivity index (χ4n) is 1.29. The molecule has 1 aliphatic rings. The highest BCUT2D eigenvalue weighted by atomic mass is 35.5. The quantitative estimate of drug-likeness (QED) is 0.549. The Hall–Kier alpha value is -1.50. The number of ether oxygens (including phenoxy) is 2. The molecule has 0 saturated carbocycles. The molecule has 0 aromatic heterocycles. The number of hydrogen-bond acceptors (Lipinski definition) is 5. The molecule has 96 valence electrons. The SMILES string of the molecule is CCOC(=O)N1CC(=O)C(Cl)N1C(=O)OCC. The van der Waals surface area contributed by atoms with Crippen LogP contribution in [0.4, 0.5) is 9.59 Å². The standard InChI is InChI=1S/C9H13ClN2O5/c1-3-16-8(14)11-5-6(13)7(10)12(11)9(15)17-4-2/h7H,3-5H2,1-2H3. The average Bonchev–Trinajstić information content (AvgIpc) is 2.56. The summed E-state index contributed by atoms with van der Waals surface area (Å²) in [5, 5.41) is 1.59. The van der Waals surface area contributed by atoms with E-state index >= 15 is 0 Å². The number of hydrazine groups is 1. The van der Waals surface area contributed by atoms with Crippen molar-refractivity contribution in [3.05, 3.63) is 0 Å². The minimum atomic E-state index is -1.24. The lowest BCUT2D eigenvalue weighted by atomic mass is 10.4. The van der Waals surface area contributed by atoms with Crippen LogP contribution in [0.3, 0.4) is 0 Å². The van der Waals surface area contributed by atoms with Crippen LogP contribution in [0.2, 0.25) is 0 Å². The van der Waals surface area contributed by atoms with E-state index in [2.05, 4.69) is 0 Å². The molecule has 0 N–H and O–H groups in total. The lowest BCUT2D eigenvalue weighted by molar-refractivity contribution is -0.117. The Bertz CT molecular complexity index is 335. The number of alkyl halides is 1. The van der Waals surface area contributed by atoms with Gasteiger partial charge in [-0.25, -0.2) is 14.6 Å². The Kier molecular flexibility index (Phi) is 4.56. The first-order valence-corrected chi connectivity index (χ1v) is 5.53. The summed E-state index contributed by atoms with van der Waals surface area (Å²) in [5.41, 5.74) is -1.24. The molecule has 1 rings (SSSR count). The zero-order valence-electron chi connectivity index (χ0n) is 9.51. The van der Waals surface area contributed by atoms with E-state index in [1.807, 2.05) is 0 Å². The Balaban J connectivity index is 2.84. The summed E-state index contributed by atoms with van der Waals surface area (Å²) in [4.78, 5) is 34.4. The maximum Gasteiger partial charge on any atom is 0.430 e. The minimum absolute atomic E-state index is 0.115. The molecule has 0 aromatic rings. The fourth-order valence-corrected chi connectivity index (χ4v) is 1.54. The van der Waals surface area contributed by atoms with Crippen LogP contribution >= 0.6 is 11.6 Å².